The Morgan fingerprint density at radius 3 is 2.69 bits per heavy atom. The first-order chi connectivity index (χ1) is 7.83. The van der Waals surface area contributed by atoms with E-state index < -0.39 is 0 Å². The number of hydrogen-bond acceptors (Lipinski definition) is 3. The summed E-state index contributed by atoms with van der Waals surface area (Å²) in [4.78, 5) is 9.54. The van der Waals surface area contributed by atoms with Crippen LogP contribution in [0.5, 0.6) is 0 Å². The Hall–Kier alpha value is -0.960. The Labute approximate surface area is 96.7 Å². The van der Waals surface area contributed by atoms with Crippen molar-refractivity contribution < 1.29 is 0 Å². The third kappa shape index (κ3) is 1.54. The van der Waals surface area contributed by atoms with Crippen LogP contribution in [0.2, 0.25) is 0 Å². The highest BCUT2D eigenvalue weighted by atomic mass is 15.0. The van der Waals surface area contributed by atoms with E-state index in [2.05, 4.69) is 12.2 Å². The number of fused-ring (bicyclic) bond motifs is 1. The number of nitrogens with one attached hydrogen (secondary N) is 1. The minimum Gasteiger partial charge on any atom is -0.313 e. The first-order valence-corrected chi connectivity index (χ1v) is 6.40. The van der Waals surface area contributed by atoms with Gasteiger partial charge in [-0.2, -0.15) is 0 Å². The van der Waals surface area contributed by atoms with Crippen LogP contribution in [0.15, 0.2) is 0 Å². The standard InChI is InChI=1S/C13H19N3/c1-3-9-12-10(14-2)6-7-11(12)16-13(15-9)8-4-5-8/h8,10,14H,3-7H2,1-2H3. The van der Waals surface area contributed by atoms with Crippen LogP contribution in [-0.4, -0.2) is 17.0 Å². The zero-order valence-corrected chi connectivity index (χ0v) is 10.1. The molecule has 3 nitrogen and oxygen atoms in total. The molecule has 1 aromatic heterocycles. The van der Waals surface area contributed by atoms with Crippen molar-refractivity contribution in [3.8, 4) is 0 Å². The lowest BCUT2D eigenvalue weighted by molar-refractivity contribution is 0.584. The predicted octanol–water partition coefficient (Wildman–Crippen LogP) is 2.12. The molecule has 1 heterocycles. The maximum Gasteiger partial charge on any atom is 0.131 e. The largest absolute Gasteiger partial charge is 0.313 e. The Bertz CT molecular complexity index is 410. The molecule has 0 saturated heterocycles. The number of rotatable bonds is 3. The van der Waals surface area contributed by atoms with E-state index in [1.54, 1.807) is 0 Å². The first kappa shape index (κ1) is 10.2. The topological polar surface area (TPSA) is 37.8 Å². The van der Waals surface area contributed by atoms with E-state index in [0.717, 1.165) is 18.7 Å². The number of nitrogens with zero attached hydrogens (tertiary/aromatic N) is 2. The highest BCUT2D eigenvalue weighted by molar-refractivity contribution is 5.34. The van der Waals surface area contributed by atoms with Crippen molar-refractivity contribution in [2.24, 2.45) is 0 Å². The average Bonchev–Trinajstić information content (AvgIpc) is 3.08. The number of aryl methyl sites for hydroxylation is 2. The third-order valence-corrected chi connectivity index (χ3v) is 3.76. The van der Waals surface area contributed by atoms with E-state index in [0.29, 0.717) is 12.0 Å². The summed E-state index contributed by atoms with van der Waals surface area (Å²) in [6.07, 6.45) is 5.91. The van der Waals surface area contributed by atoms with Gasteiger partial charge in [0.25, 0.3) is 0 Å². The van der Waals surface area contributed by atoms with Crippen molar-refractivity contribution in [3.05, 3.63) is 22.8 Å². The van der Waals surface area contributed by atoms with Crippen molar-refractivity contribution in [1.82, 2.24) is 15.3 Å². The predicted molar refractivity (Wildman–Crippen MR) is 63.5 cm³/mol. The van der Waals surface area contributed by atoms with Crippen LogP contribution in [0.3, 0.4) is 0 Å². The molecule has 3 rings (SSSR count). The molecule has 1 aromatic rings. The lowest BCUT2D eigenvalue weighted by atomic mass is 10.1. The van der Waals surface area contributed by atoms with Crippen LogP contribution < -0.4 is 5.32 Å². The second kappa shape index (κ2) is 3.81. The van der Waals surface area contributed by atoms with Gasteiger partial charge < -0.3 is 5.32 Å². The molecule has 1 fully saturated rings. The monoisotopic (exact) mass is 217 g/mol. The molecule has 1 atom stereocenters. The van der Waals surface area contributed by atoms with E-state index in [9.17, 15) is 0 Å². The Kier molecular flexibility index (Phi) is 2.43. The van der Waals surface area contributed by atoms with Crippen LogP contribution in [-0.2, 0) is 12.8 Å². The van der Waals surface area contributed by atoms with Gasteiger partial charge in [-0.25, -0.2) is 9.97 Å². The summed E-state index contributed by atoms with van der Waals surface area (Å²) in [5.74, 6) is 1.79. The molecule has 0 radical (unpaired) electrons. The fraction of sp³-hybridized carbons (Fsp3) is 0.692. The van der Waals surface area contributed by atoms with Gasteiger partial charge in [-0.3, -0.25) is 0 Å². The van der Waals surface area contributed by atoms with Gasteiger partial charge in [0.15, 0.2) is 0 Å². The SMILES string of the molecule is CCc1nc(C2CC2)nc2c1C(NC)CC2. The highest BCUT2D eigenvalue weighted by Crippen LogP contribution is 2.40. The second-order valence-corrected chi connectivity index (χ2v) is 4.90. The molecule has 1 N–H and O–H groups in total. The van der Waals surface area contributed by atoms with Gasteiger partial charge in [0.05, 0.1) is 0 Å². The van der Waals surface area contributed by atoms with Crippen molar-refractivity contribution in [1.29, 1.82) is 0 Å². The van der Waals surface area contributed by atoms with Gasteiger partial charge >= 0.3 is 0 Å². The normalized spacial score (nSPS) is 23.5. The molecule has 86 valence electrons. The molecule has 0 amide bonds. The highest BCUT2D eigenvalue weighted by Gasteiger charge is 2.31. The minimum absolute atomic E-state index is 0.484. The Morgan fingerprint density at radius 1 is 1.25 bits per heavy atom. The maximum absolute atomic E-state index is 4.77. The molecule has 2 aliphatic carbocycles. The quantitative estimate of drug-likeness (QED) is 0.842. The minimum atomic E-state index is 0.484. The summed E-state index contributed by atoms with van der Waals surface area (Å²) in [5, 5.41) is 3.38. The number of aromatic nitrogens is 2. The fourth-order valence-corrected chi connectivity index (χ4v) is 2.69. The van der Waals surface area contributed by atoms with Gasteiger partial charge in [0.1, 0.15) is 5.82 Å². The van der Waals surface area contributed by atoms with Gasteiger partial charge in [0.2, 0.25) is 0 Å². The Morgan fingerprint density at radius 2 is 2.06 bits per heavy atom. The summed E-state index contributed by atoms with van der Waals surface area (Å²) < 4.78 is 0. The second-order valence-electron chi connectivity index (χ2n) is 4.90. The van der Waals surface area contributed by atoms with E-state index in [1.807, 2.05) is 7.05 Å². The lowest BCUT2D eigenvalue weighted by Gasteiger charge is -2.14. The van der Waals surface area contributed by atoms with Crippen LogP contribution in [0.4, 0.5) is 0 Å². The molecule has 0 bridgehead atoms. The third-order valence-electron chi connectivity index (χ3n) is 3.76. The zero-order chi connectivity index (χ0) is 11.1. The van der Waals surface area contributed by atoms with Gasteiger partial charge in [0, 0.05) is 28.9 Å². The molecule has 0 aromatic carbocycles. The zero-order valence-electron chi connectivity index (χ0n) is 10.1. The first-order valence-electron chi connectivity index (χ1n) is 6.40. The summed E-state index contributed by atoms with van der Waals surface area (Å²) in [7, 11) is 2.04. The van der Waals surface area contributed by atoms with Crippen molar-refractivity contribution in [2.75, 3.05) is 7.05 Å². The van der Waals surface area contributed by atoms with E-state index >= 15 is 0 Å². The van der Waals surface area contributed by atoms with Gasteiger partial charge in [-0.15, -0.1) is 0 Å². The Balaban J connectivity index is 2.06. The van der Waals surface area contributed by atoms with Gasteiger partial charge in [-0.05, 0) is 39.2 Å². The molecular weight excluding hydrogens is 198 g/mol. The van der Waals surface area contributed by atoms with Gasteiger partial charge in [-0.1, -0.05) is 6.92 Å². The summed E-state index contributed by atoms with van der Waals surface area (Å²) >= 11 is 0. The molecule has 2 aliphatic rings. The van der Waals surface area contributed by atoms with Crippen LogP contribution in [0, 0.1) is 0 Å². The molecule has 1 unspecified atom stereocenters. The van der Waals surface area contributed by atoms with Crippen molar-refractivity contribution in [2.45, 2.75) is 51.0 Å². The van der Waals surface area contributed by atoms with E-state index in [4.69, 9.17) is 9.97 Å². The van der Waals surface area contributed by atoms with E-state index in [1.165, 1.54) is 36.2 Å². The summed E-state index contributed by atoms with van der Waals surface area (Å²) in [6, 6.07) is 0.484. The molecule has 1 saturated carbocycles. The average molecular weight is 217 g/mol. The molecular formula is C13H19N3. The van der Waals surface area contributed by atoms with Crippen LogP contribution >= 0.6 is 0 Å². The van der Waals surface area contributed by atoms with Crippen LogP contribution in [0.25, 0.3) is 0 Å². The van der Waals surface area contributed by atoms with Crippen molar-refractivity contribution in [3.63, 3.8) is 0 Å². The lowest BCUT2D eigenvalue weighted by Crippen LogP contribution is -2.16. The maximum atomic E-state index is 4.77. The fourth-order valence-electron chi connectivity index (χ4n) is 2.69. The summed E-state index contributed by atoms with van der Waals surface area (Å²) in [6.45, 7) is 2.20. The molecule has 16 heavy (non-hydrogen) atoms. The van der Waals surface area contributed by atoms with E-state index in [-0.39, 0.29) is 0 Å². The molecule has 0 spiro atoms. The molecule has 0 aliphatic heterocycles. The summed E-state index contributed by atoms with van der Waals surface area (Å²) in [5.41, 5.74) is 3.99. The molecule has 3 heteroatoms. The van der Waals surface area contributed by atoms with Crippen molar-refractivity contribution >= 4 is 0 Å². The smallest absolute Gasteiger partial charge is 0.131 e. The number of hydrogen-bond donors (Lipinski definition) is 1. The van der Waals surface area contributed by atoms with Crippen LogP contribution in [0.1, 0.15) is 60.9 Å².